The lowest BCUT2D eigenvalue weighted by Gasteiger charge is -2.37. The summed E-state index contributed by atoms with van der Waals surface area (Å²) in [5.74, 6) is 1.36. The van der Waals surface area contributed by atoms with E-state index >= 15 is 0 Å². The smallest absolute Gasteiger partial charge is 0.287 e. The highest BCUT2D eigenvalue weighted by Crippen LogP contribution is 2.36. The van der Waals surface area contributed by atoms with Crippen molar-refractivity contribution in [1.29, 1.82) is 0 Å². The molecule has 3 aromatic rings. The van der Waals surface area contributed by atoms with Gasteiger partial charge in [0.05, 0.1) is 12.6 Å². The van der Waals surface area contributed by atoms with E-state index in [1.54, 1.807) is 6.07 Å². The molecule has 0 spiro atoms. The van der Waals surface area contributed by atoms with Gasteiger partial charge in [-0.15, -0.1) is 0 Å². The highest BCUT2D eigenvalue weighted by Gasteiger charge is 2.30. The average molecular weight is 412 g/mol. The summed E-state index contributed by atoms with van der Waals surface area (Å²) in [7, 11) is 0. The molecule has 1 amide bonds. The molecule has 0 saturated carbocycles. The van der Waals surface area contributed by atoms with Crippen LogP contribution >= 0.6 is 11.6 Å². The fourth-order valence-corrected chi connectivity index (χ4v) is 4.06. The second-order valence-corrected chi connectivity index (χ2v) is 8.30. The summed E-state index contributed by atoms with van der Waals surface area (Å²) in [6, 6.07) is 15.9. The van der Waals surface area contributed by atoms with Crippen LogP contribution in [-0.4, -0.2) is 28.5 Å². The Morgan fingerprint density at radius 3 is 2.79 bits per heavy atom. The predicted octanol–water partition coefficient (Wildman–Crippen LogP) is 4.73. The predicted molar refractivity (Wildman–Crippen MR) is 114 cm³/mol. The molecule has 0 fully saturated rings. The fourth-order valence-electron chi connectivity index (χ4n) is 3.82. The molecule has 29 heavy (non-hydrogen) atoms. The molecule has 5 nitrogen and oxygen atoms in total. The molecule has 1 aliphatic heterocycles. The topological polar surface area (TPSA) is 50.4 Å². The van der Waals surface area contributed by atoms with Crippen molar-refractivity contribution < 1.29 is 9.21 Å². The van der Waals surface area contributed by atoms with Crippen LogP contribution in [0, 0.1) is 5.92 Å². The van der Waals surface area contributed by atoms with Crippen molar-refractivity contribution in [2.75, 3.05) is 13.1 Å². The molecule has 1 aromatic carbocycles. The number of nitrogens with zero attached hydrogens (tertiary/aromatic N) is 2. The number of hydrogen-bond donors (Lipinski definition) is 1. The number of benzene rings is 1. The third-order valence-corrected chi connectivity index (χ3v) is 5.60. The Hall–Kier alpha value is -2.50. The molecule has 4 rings (SSSR count). The first-order valence-electron chi connectivity index (χ1n) is 10.0. The number of fused-ring (bicyclic) bond motifs is 1. The summed E-state index contributed by atoms with van der Waals surface area (Å²) in [5, 5.41) is 3.65. The third-order valence-electron chi connectivity index (χ3n) is 5.25. The molecule has 0 radical (unpaired) electrons. The van der Waals surface area contributed by atoms with E-state index in [2.05, 4.69) is 53.0 Å². The van der Waals surface area contributed by atoms with Crippen LogP contribution in [0.5, 0.6) is 0 Å². The summed E-state index contributed by atoms with van der Waals surface area (Å²) in [6.07, 6.45) is 2.11. The zero-order chi connectivity index (χ0) is 20.4. The molecular formula is C23H26ClN3O2. The van der Waals surface area contributed by atoms with Gasteiger partial charge in [0, 0.05) is 36.5 Å². The van der Waals surface area contributed by atoms with Gasteiger partial charge >= 0.3 is 0 Å². The van der Waals surface area contributed by atoms with Crippen LogP contribution in [0.15, 0.2) is 59.1 Å². The van der Waals surface area contributed by atoms with Crippen LogP contribution in [0.4, 0.5) is 0 Å². The van der Waals surface area contributed by atoms with Crippen molar-refractivity contribution in [3.63, 3.8) is 0 Å². The number of aromatic nitrogens is 1. The van der Waals surface area contributed by atoms with Crippen LogP contribution in [0.1, 0.15) is 47.5 Å². The van der Waals surface area contributed by atoms with Gasteiger partial charge in [0.2, 0.25) is 0 Å². The number of amides is 1. The van der Waals surface area contributed by atoms with Gasteiger partial charge in [-0.3, -0.25) is 9.69 Å². The zero-order valence-electron chi connectivity index (χ0n) is 16.8. The summed E-state index contributed by atoms with van der Waals surface area (Å²) >= 11 is 6.55. The standard InChI is InChI=1S/C23H26ClN3O2/c1-16(2)14-25-23(28)21-10-9-17(29-21)15-27-13-12-26-11-5-8-20(26)22(27)18-6-3-4-7-19(18)24/h3-11,16,22H,12-15H2,1-2H3,(H,25,28). The van der Waals surface area contributed by atoms with E-state index < -0.39 is 0 Å². The molecule has 1 unspecified atom stereocenters. The van der Waals surface area contributed by atoms with Crippen molar-refractivity contribution in [3.05, 3.63) is 82.5 Å². The first-order chi connectivity index (χ1) is 14.0. The minimum Gasteiger partial charge on any atom is -0.455 e. The van der Waals surface area contributed by atoms with E-state index in [9.17, 15) is 4.79 Å². The van der Waals surface area contributed by atoms with Gasteiger partial charge in [-0.1, -0.05) is 43.6 Å². The molecule has 1 atom stereocenters. The molecule has 6 heteroatoms. The number of rotatable bonds is 6. The average Bonchev–Trinajstić information content (AvgIpc) is 3.36. The van der Waals surface area contributed by atoms with Crippen LogP contribution < -0.4 is 5.32 Å². The highest BCUT2D eigenvalue weighted by molar-refractivity contribution is 6.31. The Bertz CT molecular complexity index is 991. The SMILES string of the molecule is CC(C)CNC(=O)c1ccc(CN2CCn3cccc3C2c2ccccc2Cl)o1. The Morgan fingerprint density at radius 1 is 1.17 bits per heavy atom. The number of furan rings is 1. The molecule has 0 bridgehead atoms. The highest BCUT2D eigenvalue weighted by atomic mass is 35.5. The Labute approximate surface area is 176 Å². The summed E-state index contributed by atoms with van der Waals surface area (Å²) in [6.45, 7) is 7.15. The van der Waals surface area contributed by atoms with Crippen LogP contribution in [0.3, 0.4) is 0 Å². The van der Waals surface area contributed by atoms with Gasteiger partial charge < -0.3 is 14.3 Å². The van der Waals surface area contributed by atoms with Gasteiger partial charge in [-0.2, -0.15) is 0 Å². The molecule has 3 heterocycles. The van der Waals surface area contributed by atoms with Crippen molar-refractivity contribution in [2.45, 2.75) is 33.0 Å². The second kappa shape index (κ2) is 8.47. The van der Waals surface area contributed by atoms with Gasteiger partial charge in [-0.25, -0.2) is 0 Å². The van der Waals surface area contributed by atoms with E-state index in [1.807, 2.05) is 24.3 Å². The lowest BCUT2D eigenvalue weighted by atomic mass is 9.99. The Kier molecular flexibility index (Phi) is 5.79. The van der Waals surface area contributed by atoms with Crippen molar-refractivity contribution in [3.8, 4) is 0 Å². The van der Waals surface area contributed by atoms with E-state index in [0.29, 0.717) is 24.8 Å². The first kappa shape index (κ1) is 19.8. The van der Waals surface area contributed by atoms with E-state index in [-0.39, 0.29) is 11.9 Å². The molecule has 2 aromatic heterocycles. The van der Waals surface area contributed by atoms with Gasteiger partial charge in [-0.05, 0) is 41.8 Å². The van der Waals surface area contributed by atoms with E-state index in [0.717, 1.165) is 29.4 Å². The number of hydrogen-bond acceptors (Lipinski definition) is 3. The lowest BCUT2D eigenvalue weighted by molar-refractivity contribution is 0.0914. The minimum atomic E-state index is -0.167. The van der Waals surface area contributed by atoms with Crippen molar-refractivity contribution >= 4 is 17.5 Å². The summed E-state index contributed by atoms with van der Waals surface area (Å²) in [5.41, 5.74) is 2.29. The van der Waals surface area contributed by atoms with Gasteiger partial charge in [0.1, 0.15) is 5.76 Å². The summed E-state index contributed by atoms with van der Waals surface area (Å²) in [4.78, 5) is 14.6. The van der Waals surface area contributed by atoms with Crippen LogP contribution in [0.25, 0.3) is 0 Å². The molecule has 0 aliphatic carbocycles. The van der Waals surface area contributed by atoms with Gasteiger partial charge in [0.25, 0.3) is 5.91 Å². The maximum Gasteiger partial charge on any atom is 0.287 e. The minimum absolute atomic E-state index is 0.0377. The number of carbonyl (C=O) groups is 1. The summed E-state index contributed by atoms with van der Waals surface area (Å²) < 4.78 is 8.15. The number of nitrogens with one attached hydrogen (secondary N) is 1. The molecule has 1 N–H and O–H groups in total. The van der Waals surface area contributed by atoms with Crippen molar-refractivity contribution in [1.82, 2.24) is 14.8 Å². The normalized spacial score (nSPS) is 16.8. The monoisotopic (exact) mass is 411 g/mol. The first-order valence-corrected chi connectivity index (χ1v) is 10.4. The Balaban J connectivity index is 1.57. The van der Waals surface area contributed by atoms with Gasteiger partial charge in [0.15, 0.2) is 5.76 Å². The number of carbonyl (C=O) groups excluding carboxylic acids is 1. The van der Waals surface area contributed by atoms with Crippen LogP contribution in [0.2, 0.25) is 5.02 Å². The second-order valence-electron chi connectivity index (χ2n) is 7.89. The maximum atomic E-state index is 12.3. The molecule has 1 aliphatic rings. The Morgan fingerprint density at radius 2 is 2.00 bits per heavy atom. The molecule has 0 saturated heterocycles. The largest absolute Gasteiger partial charge is 0.455 e. The van der Waals surface area contributed by atoms with E-state index in [1.165, 1.54) is 5.69 Å². The lowest BCUT2D eigenvalue weighted by Crippen LogP contribution is -2.38. The maximum absolute atomic E-state index is 12.3. The quantitative estimate of drug-likeness (QED) is 0.638. The van der Waals surface area contributed by atoms with Crippen LogP contribution in [-0.2, 0) is 13.1 Å². The zero-order valence-corrected chi connectivity index (χ0v) is 17.5. The fraction of sp³-hybridized carbons (Fsp3) is 0.348. The van der Waals surface area contributed by atoms with E-state index in [4.69, 9.17) is 16.0 Å². The molecule has 152 valence electrons. The number of halogens is 1. The van der Waals surface area contributed by atoms with Crippen molar-refractivity contribution in [2.24, 2.45) is 5.92 Å². The molecular weight excluding hydrogens is 386 g/mol. The third kappa shape index (κ3) is 4.26.